The van der Waals surface area contributed by atoms with Crippen LogP contribution in [0.2, 0.25) is 0 Å². The van der Waals surface area contributed by atoms with Crippen molar-refractivity contribution in [1.29, 1.82) is 0 Å². The third-order valence-electron chi connectivity index (χ3n) is 6.47. The molecule has 1 amide bonds. The highest BCUT2D eigenvalue weighted by Gasteiger charge is 2.26. The van der Waals surface area contributed by atoms with Gasteiger partial charge in [0.15, 0.2) is 5.65 Å². The lowest BCUT2D eigenvalue weighted by Crippen LogP contribution is -2.38. The molecule has 0 spiro atoms. The van der Waals surface area contributed by atoms with Gasteiger partial charge in [0.2, 0.25) is 0 Å². The number of anilines is 1. The molecule has 0 bridgehead atoms. The summed E-state index contributed by atoms with van der Waals surface area (Å²) in [5, 5.41) is 7.15. The zero-order valence-electron chi connectivity index (χ0n) is 19.9. The highest BCUT2D eigenvalue weighted by atomic mass is 16.5. The molecule has 35 heavy (non-hydrogen) atoms. The number of carbonyl (C=O) groups is 1. The number of aromatic nitrogens is 3. The molecule has 5 rings (SSSR count). The summed E-state index contributed by atoms with van der Waals surface area (Å²) in [6, 6.07) is 15.0. The zero-order chi connectivity index (χ0) is 24.5. The van der Waals surface area contributed by atoms with Gasteiger partial charge in [-0.15, -0.1) is 0 Å². The maximum absolute atomic E-state index is 13.4. The predicted octanol–water partition coefficient (Wildman–Crippen LogP) is 2.86. The van der Waals surface area contributed by atoms with Crippen LogP contribution >= 0.6 is 0 Å². The Kier molecular flexibility index (Phi) is 6.00. The molecule has 2 aromatic carbocycles. The molecule has 0 atom stereocenters. The molecule has 1 aliphatic rings. The van der Waals surface area contributed by atoms with Gasteiger partial charge in [0.05, 0.1) is 26.0 Å². The number of carbonyl (C=O) groups excluding carboxylic acids is 1. The minimum atomic E-state index is -0.322. The summed E-state index contributed by atoms with van der Waals surface area (Å²) in [6.45, 7) is 2.07. The lowest BCUT2D eigenvalue weighted by atomic mass is 10.1. The van der Waals surface area contributed by atoms with Gasteiger partial charge in [-0.3, -0.25) is 14.5 Å². The summed E-state index contributed by atoms with van der Waals surface area (Å²) in [4.78, 5) is 28.7. The van der Waals surface area contributed by atoms with Crippen LogP contribution in [-0.2, 0) is 26.6 Å². The average molecular weight is 474 g/mol. The van der Waals surface area contributed by atoms with E-state index >= 15 is 0 Å². The predicted molar refractivity (Wildman–Crippen MR) is 132 cm³/mol. The lowest BCUT2D eigenvalue weighted by molar-refractivity contribution is 0.102. The van der Waals surface area contributed by atoms with E-state index in [-0.39, 0.29) is 11.5 Å². The SMILES string of the molecule is COc1ccc(CN2CCc3c(c(=O)n4ncc(C(=O)Nc5ccc(OC)cc5)c4n3C)C2)cc1. The second-order valence-electron chi connectivity index (χ2n) is 8.57. The van der Waals surface area contributed by atoms with Gasteiger partial charge >= 0.3 is 0 Å². The molecular formula is C26H27N5O4. The van der Waals surface area contributed by atoms with E-state index < -0.39 is 0 Å². The molecule has 4 aromatic rings. The Morgan fingerprint density at radius 2 is 1.69 bits per heavy atom. The van der Waals surface area contributed by atoms with Crippen LogP contribution in [0.4, 0.5) is 5.69 Å². The van der Waals surface area contributed by atoms with Crippen LogP contribution in [0.1, 0.15) is 27.2 Å². The molecule has 3 heterocycles. The fraction of sp³-hybridized carbons (Fsp3) is 0.269. The number of nitrogens with zero attached hydrogens (tertiary/aromatic N) is 4. The van der Waals surface area contributed by atoms with Crippen molar-refractivity contribution in [2.45, 2.75) is 19.5 Å². The quantitative estimate of drug-likeness (QED) is 0.463. The largest absolute Gasteiger partial charge is 0.497 e. The molecule has 0 saturated heterocycles. The third kappa shape index (κ3) is 4.26. The number of nitrogens with one attached hydrogen (secondary N) is 1. The lowest BCUT2D eigenvalue weighted by Gasteiger charge is -2.30. The Balaban J connectivity index is 1.41. The van der Waals surface area contributed by atoms with Crippen molar-refractivity contribution in [3.63, 3.8) is 0 Å². The van der Waals surface area contributed by atoms with Crippen LogP contribution in [0.15, 0.2) is 59.5 Å². The molecule has 180 valence electrons. The Bertz CT molecular complexity index is 1440. The van der Waals surface area contributed by atoms with E-state index in [0.29, 0.717) is 41.2 Å². The molecular weight excluding hydrogens is 446 g/mol. The van der Waals surface area contributed by atoms with Gasteiger partial charge in [-0.25, -0.2) is 0 Å². The second kappa shape index (κ2) is 9.27. The maximum atomic E-state index is 13.4. The molecule has 0 fully saturated rings. The van der Waals surface area contributed by atoms with Gasteiger partial charge in [0, 0.05) is 44.5 Å². The van der Waals surface area contributed by atoms with Crippen LogP contribution in [0.3, 0.4) is 0 Å². The molecule has 1 N–H and O–H groups in total. The number of benzene rings is 2. The number of amides is 1. The first-order valence-electron chi connectivity index (χ1n) is 11.4. The van der Waals surface area contributed by atoms with Crippen LogP contribution < -0.4 is 20.3 Å². The average Bonchev–Trinajstić information content (AvgIpc) is 3.34. The first-order chi connectivity index (χ1) is 17.0. The van der Waals surface area contributed by atoms with Gasteiger partial charge < -0.3 is 19.4 Å². The number of fused-ring (bicyclic) bond motifs is 2. The monoisotopic (exact) mass is 473 g/mol. The van der Waals surface area contributed by atoms with Gasteiger partial charge in [-0.05, 0) is 42.0 Å². The van der Waals surface area contributed by atoms with E-state index in [1.165, 1.54) is 10.7 Å². The molecule has 0 saturated carbocycles. The van der Waals surface area contributed by atoms with Crippen molar-refractivity contribution in [2.75, 3.05) is 26.1 Å². The van der Waals surface area contributed by atoms with Crippen LogP contribution in [-0.4, -0.2) is 45.8 Å². The normalized spacial score (nSPS) is 13.5. The molecule has 1 aliphatic heterocycles. The van der Waals surface area contributed by atoms with Crippen LogP contribution in [0.5, 0.6) is 11.5 Å². The van der Waals surface area contributed by atoms with E-state index in [4.69, 9.17) is 9.47 Å². The highest BCUT2D eigenvalue weighted by molar-refractivity contribution is 6.08. The minimum Gasteiger partial charge on any atom is -0.497 e. The van der Waals surface area contributed by atoms with Crippen molar-refractivity contribution in [3.8, 4) is 11.5 Å². The second-order valence-corrected chi connectivity index (χ2v) is 8.57. The first kappa shape index (κ1) is 22.7. The van der Waals surface area contributed by atoms with Gasteiger partial charge in [0.25, 0.3) is 11.5 Å². The summed E-state index contributed by atoms with van der Waals surface area (Å²) in [5.74, 6) is 1.20. The van der Waals surface area contributed by atoms with Crippen molar-refractivity contribution in [3.05, 3.63) is 87.5 Å². The maximum Gasteiger partial charge on any atom is 0.279 e. The topological polar surface area (TPSA) is 90.1 Å². The number of rotatable bonds is 6. The number of hydrogen-bond acceptors (Lipinski definition) is 6. The first-order valence-corrected chi connectivity index (χ1v) is 11.4. The van der Waals surface area contributed by atoms with E-state index in [1.807, 2.05) is 35.9 Å². The molecule has 2 aromatic heterocycles. The fourth-order valence-electron chi connectivity index (χ4n) is 4.60. The molecule has 0 radical (unpaired) electrons. The summed E-state index contributed by atoms with van der Waals surface area (Å²) in [5.41, 5.74) is 4.09. The van der Waals surface area contributed by atoms with Crippen molar-refractivity contribution in [1.82, 2.24) is 19.1 Å². The molecule has 9 nitrogen and oxygen atoms in total. The van der Waals surface area contributed by atoms with Gasteiger partial charge in [-0.1, -0.05) is 12.1 Å². The fourth-order valence-corrected chi connectivity index (χ4v) is 4.60. The van der Waals surface area contributed by atoms with E-state index in [0.717, 1.165) is 30.1 Å². The van der Waals surface area contributed by atoms with Crippen molar-refractivity contribution >= 4 is 17.2 Å². The number of hydrogen-bond donors (Lipinski definition) is 1. The van der Waals surface area contributed by atoms with Crippen molar-refractivity contribution in [2.24, 2.45) is 7.05 Å². The Hall–Kier alpha value is -4.11. The smallest absolute Gasteiger partial charge is 0.279 e. The van der Waals surface area contributed by atoms with Gasteiger partial charge in [-0.2, -0.15) is 9.61 Å². The Morgan fingerprint density at radius 3 is 2.34 bits per heavy atom. The third-order valence-corrected chi connectivity index (χ3v) is 6.47. The molecule has 9 heteroatoms. The Labute approximate surface area is 202 Å². The van der Waals surface area contributed by atoms with Crippen molar-refractivity contribution < 1.29 is 14.3 Å². The standard InChI is InChI=1S/C26H27N5O4/c1-29-23-12-13-30(15-17-4-8-19(34-2)9-5-17)16-22(23)26(33)31-25(29)21(14-27-31)24(32)28-18-6-10-20(35-3)11-7-18/h4-11,14H,12-13,15-16H2,1-3H3,(H,28,32). The Morgan fingerprint density at radius 1 is 1.03 bits per heavy atom. The minimum absolute atomic E-state index is 0.184. The molecule has 0 aliphatic carbocycles. The van der Waals surface area contributed by atoms with E-state index in [9.17, 15) is 9.59 Å². The summed E-state index contributed by atoms with van der Waals surface area (Å²) in [6.07, 6.45) is 2.16. The van der Waals surface area contributed by atoms with E-state index in [1.54, 1.807) is 38.5 Å². The van der Waals surface area contributed by atoms with Gasteiger partial charge in [0.1, 0.15) is 17.1 Å². The highest BCUT2D eigenvalue weighted by Crippen LogP contribution is 2.23. The summed E-state index contributed by atoms with van der Waals surface area (Å²) >= 11 is 0. The number of aryl methyl sites for hydroxylation is 1. The summed E-state index contributed by atoms with van der Waals surface area (Å²) < 4.78 is 13.7. The van der Waals surface area contributed by atoms with E-state index in [2.05, 4.69) is 15.3 Å². The van der Waals surface area contributed by atoms with Crippen LogP contribution in [0.25, 0.3) is 5.65 Å². The summed E-state index contributed by atoms with van der Waals surface area (Å²) in [7, 11) is 5.13. The molecule has 0 unspecified atom stereocenters. The number of ether oxygens (including phenoxy) is 2. The zero-order valence-corrected chi connectivity index (χ0v) is 19.9. The number of methoxy groups -OCH3 is 2. The van der Waals surface area contributed by atoms with Crippen LogP contribution in [0, 0.1) is 0 Å².